The van der Waals surface area contributed by atoms with Crippen LogP contribution in [0.4, 0.5) is 5.82 Å². The molecule has 1 aromatic heterocycles. The van der Waals surface area contributed by atoms with Gasteiger partial charge in [0.05, 0.1) is 0 Å². The third-order valence-electron chi connectivity index (χ3n) is 1.95. The Kier molecular flexibility index (Phi) is 1.21. The Morgan fingerprint density at radius 3 is 3.09 bits per heavy atom. The number of hydrogen-bond acceptors (Lipinski definition) is 3. The lowest BCUT2D eigenvalue weighted by Gasteiger charge is -2.16. The fraction of sp³-hybridized carbons (Fsp3) is 0.429. The molecule has 0 aromatic carbocycles. The van der Waals surface area contributed by atoms with Crippen LogP contribution in [0.1, 0.15) is 11.3 Å². The zero-order valence-electron chi connectivity index (χ0n) is 6.27. The standard InChI is InChI=1S/C7H9N3O/c1-4-5-2-3-8-6(4)10-7(11)9-5/h2-3H2,1H3,(H2,8,9,10,11). The molecule has 2 rings (SSSR count). The van der Waals surface area contributed by atoms with E-state index in [2.05, 4.69) is 15.3 Å². The highest BCUT2D eigenvalue weighted by atomic mass is 16.1. The molecule has 0 amide bonds. The predicted octanol–water partition coefficient (Wildman–Crippen LogP) is 0.0463. The average molecular weight is 151 g/mol. The summed E-state index contributed by atoms with van der Waals surface area (Å²) in [5.41, 5.74) is 1.82. The Balaban J connectivity index is 2.72. The first-order valence-electron chi connectivity index (χ1n) is 3.61. The number of aromatic nitrogens is 2. The minimum atomic E-state index is -0.257. The summed E-state index contributed by atoms with van der Waals surface area (Å²) in [5.74, 6) is 0.731. The maximum absolute atomic E-state index is 10.8. The van der Waals surface area contributed by atoms with Crippen molar-refractivity contribution >= 4 is 5.82 Å². The number of hydrogen-bond donors (Lipinski definition) is 2. The molecule has 2 heterocycles. The van der Waals surface area contributed by atoms with Gasteiger partial charge in [-0.05, 0) is 6.92 Å². The van der Waals surface area contributed by atoms with E-state index in [4.69, 9.17) is 0 Å². The van der Waals surface area contributed by atoms with Crippen molar-refractivity contribution < 1.29 is 0 Å². The minimum absolute atomic E-state index is 0.257. The van der Waals surface area contributed by atoms with E-state index in [9.17, 15) is 4.79 Å². The Bertz CT molecular complexity index is 314. The van der Waals surface area contributed by atoms with E-state index in [1.165, 1.54) is 0 Å². The highest BCUT2D eigenvalue weighted by molar-refractivity contribution is 5.47. The second-order valence-electron chi connectivity index (χ2n) is 2.67. The van der Waals surface area contributed by atoms with E-state index < -0.39 is 0 Å². The summed E-state index contributed by atoms with van der Waals surface area (Å²) in [6.07, 6.45) is 0.886. The summed E-state index contributed by atoms with van der Waals surface area (Å²) in [4.78, 5) is 17.3. The summed E-state index contributed by atoms with van der Waals surface area (Å²) in [6.45, 7) is 2.82. The SMILES string of the molecule is Cc1c2nc(=O)[nH]c1CCN2. The number of aromatic amines is 1. The normalized spacial score (nSPS) is 14.3. The van der Waals surface area contributed by atoms with Crippen LogP contribution in [0.25, 0.3) is 0 Å². The zero-order valence-corrected chi connectivity index (χ0v) is 6.27. The molecule has 0 spiro atoms. The van der Waals surface area contributed by atoms with Crippen molar-refractivity contribution in [3.63, 3.8) is 0 Å². The maximum Gasteiger partial charge on any atom is 0.347 e. The molecule has 1 aromatic rings. The van der Waals surface area contributed by atoms with Gasteiger partial charge in [-0.2, -0.15) is 4.98 Å². The zero-order chi connectivity index (χ0) is 7.84. The van der Waals surface area contributed by atoms with Crippen LogP contribution in [0.3, 0.4) is 0 Å². The van der Waals surface area contributed by atoms with Crippen LogP contribution in [0, 0.1) is 6.92 Å². The summed E-state index contributed by atoms with van der Waals surface area (Å²) >= 11 is 0. The molecular weight excluding hydrogens is 142 g/mol. The van der Waals surface area contributed by atoms with Crippen molar-refractivity contribution in [1.82, 2.24) is 9.97 Å². The number of nitrogens with zero attached hydrogens (tertiary/aromatic N) is 1. The van der Waals surface area contributed by atoms with E-state index >= 15 is 0 Å². The van der Waals surface area contributed by atoms with Gasteiger partial charge >= 0.3 is 5.69 Å². The molecule has 1 aliphatic heterocycles. The molecule has 11 heavy (non-hydrogen) atoms. The molecule has 2 N–H and O–H groups in total. The van der Waals surface area contributed by atoms with Gasteiger partial charge in [-0.25, -0.2) is 4.79 Å². The molecule has 0 atom stereocenters. The summed E-state index contributed by atoms with van der Waals surface area (Å²) in [7, 11) is 0. The van der Waals surface area contributed by atoms with E-state index in [0.717, 1.165) is 30.0 Å². The minimum Gasteiger partial charge on any atom is -0.369 e. The summed E-state index contributed by atoms with van der Waals surface area (Å²) in [5, 5.41) is 3.06. The Labute approximate surface area is 63.7 Å². The molecule has 0 saturated carbocycles. The number of rotatable bonds is 0. The Morgan fingerprint density at radius 2 is 2.36 bits per heavy atom. The fourth-order valence-corrected chi connectivity index (χ4v) is 1.31. The molecule has 2 bridgehead atoms. The molecule has 0 radical (unpaired) electrons. The number of anilines is 1. The second kappa shape index (κ2) is 2.08. The molecule has 0 aliphatic carbocycles. The molecule has 4 nitrogen and oxygen atoms in total. The van der Waals surface area contributed by atoms with Crippen LogP contribution < -0.4 is 11.0 Å². The van der Waals surface area contributed by atoms with Gasteiger partial charge in [0, 0.05) is 24.2 Å². The van der Waals surface area contributed by atoms with E-state index in [1.54, 1.807) is 0 Å². The third kappa shape index (κ3) is 0.906. The van der Waals surface area contributed by atoms with Gasteiger partial charge in [-0.3, -0.25) is 0 Å². The molecule has 0 unspecified atom stereocenters. The second-order valence-corrected chi connectivity index (χ2v) is 2.67. The molecule has 0 fully saturated rings. The van der Waals surface area contributed by atoms with Crippen molar-refractivity contribution in [3.8, 4) is 0 Å². The van der Waals surface area contributed by atoms with Gasteiger partial charge in [0.15, 0.2) is 0 Å². The average Bonchev–Trinajstić information content (AvgIpc) is 1.92. The van der Waals surface area contributed by atoms with Gasteiger partial charge in [0.2, 0.25) is 0 Å². The lowest BCUT2D eigenvalue weighted by atomic mass is 10.1. The number of fused-ring (bicyclic) bond motifs is 2. The first-order valence-corrected chi connectivity index (χ1v) is 3.61. The molecule has 4 heteroatoms. The highest BCUT2D eigenvalue weighted by Crippen LogP contribution is 2.16. The van der Waals surface area contributed by atoms with Crippen molar-refractivity contribution in [2.24, 2.45) is 0 Å². The van der Waals surface area contributed by atoms with Gasteiger partial charge in [-0.15, -0.1) is 0 Å². The number of H-pyrrole nitrogens is 1. The first kappa shape index (κ1) is 6.39. The van der Waals surface area contributed by atoms with E-state index in [1.807, 2.05) is 6.92 Å². The van der Waals surface area contributed by atoms with Gasteiger partial charge in [-0.1, -0.05) is 0 Å². The topological polar surface area (TPSA) is 57.8 Å². The highest BCUT2D eigenvalue weighted by Gasteiger charge is 2.11. The van der Waals surface area contributed by atoms with Crippen LogP contribution in [0.2, 0.25) is 0 Å². The van der Waals surface area contributed by atoms with Crippen molar-refractivity contribution in [3.05, 3.63) is 21.7 Å². The van der Waals surface area contributed by atoms with Gasteiger partial charge < -0.3 is 10.3 Å². The van der Waals surface area contributed by atoms with Crippen molar-refractivity contribution in [1.29, 1.82) is 0 Å². The van der Waals surface area contributed by atoms with E-state index in [-0.39, 0.29) is 5.69 Å². The smallest absolute Gasteiger partial charge is 0.347 e. The predicted molar refractivity (Wildman–Crippen MR) is 41.8 cm³/mol. The van der Waals surface area contributed by atoms with Crippen LogP contribution >= 0.6 is 0 Å². The van der Waals surface area contributed by atoms with Crippen LogP contribution in [0.15, 0.2) is 4.79 Å². The molecule has 58 valence electrons. The molecule has 0 saturated heterocycles. The van der Waals surface area contributed by atoms with Crippen LogP contribution in [0.5, 0.6) is 0 Å². The number of nitrogens with one attached hydrogen (secondary N) is 2. The quantitative estimate of drug-likeness (QED) is 0.550. The lowest BCUT2D eigenvalue weighted by molar-refractivity contribution is 0.851. The van der Waals surface area contributed by atoms with Gasteiger partial charge in [0.1, 0.15) is 5.82 Å². The summed E-state index contributed by atoms with van der Waals surface area (Å²) < 4.78 is 0. The van der Waals surface area contributed by atoms with E-state index in [0.29, 0.717) is 0 Å². The van der Waals surface area contributed by atoms with Crippen LogP contribution in [-0.4, -0.2) is 16.5 Å². The monoisotopic (exact) mass is 151 g/mol. The lowest BCUT2D eigenvalue weighted by Crippen LogP contribution is -2.24. The largest absolute Gasteiger partial charge is 0.369 e. The van der Waals surface area contributed by atoms with Crippen molar-refractivity contribution in [2.75, 3.05) is 11.9 Å². The van der Waals surface area contributed by atoms with Gasteiger partial charge in [0.25, 0.3) is 0 Å². The third-order valence-corrected chi connectivity index (χ3v) is 1.95. The maximum atomic E-state index is 10.8. The molecular formula is C7H9N3O. The fourth-order valence-electron chi connectivity index (χ4n) is 1.31. The molecule has 1 aliphatic rings. The van der Waals surface area contributed by atoms with Crippen LogP contribution in [-0.2, 0) is 6.42 Å². The summed E-state index contributed by atoms with van der Waals surface area (Å²) in [6, 6.07) is 0. The van der Waals surface area contributed by atoms with Crippen molar-refractivity contribution in [2.45, 2.75) is 13.3 Å². The Morgan fingerprint density at radius 1 is 1.55 bits per heavy atom. The first-order chi connectivity index (χ1) is 5.27. The Hall–Kier alpha value is -1.32.